The summed E-state index contributed by atoms with van der Waals surface area (Å²) in [6.07, 6.45) is 1.28. The number of para-hydroxylation sites is 1. The van der Waals surface area contributed by atoms with Crippen LogP contribution in [-0.2, 0) is 6.61 Å². The molecule has 0 spiro atoms. The molecule has 0 atom stereocenters. The Hall–Kier alpha value is -5.89. The van der Waals surface area contributed by atoms with E-state index < -0.39 is 15.4 Å². The fourth-order valence-electron chi connectivity index (χ4n) is 4.70. The van der Waals surface area contributed by atoms with E-state index in [9.17, 15) is 25.0 Å². The van der Waals surface area contributed by atoms with Gasteiger partial charge in [-0.25, -0.2) is 4.98 Å². The largest absolute Gasteiger partial charge is 0.496 e. The molecule has 224 valence electrons. The highest BCUT2D eigenvalue weighted by Gasteiger charge is 2.22. The second kappa shape index (κ2) is 12.0. The molecule has 0 bridgehead atoms. The molecule has 13 nitrogen and oxygen atoms in total. The molecule has 0 saturated carbocycles. The van der Waals surface area contributed by atoms with Crippen LogP contribution in [0.15, 0.2) is 104 Å². The van der Waals surface area contributed by atoms with Crippen LogP contribution in [0.1, 0.15) is 11.1 Å². The van der Waals surface area contributed by atoms with E-state index in [4.69, 9.17) is 13.9 Å². The van der Waals surface area contributed by atoms with Gasteiger partial charge in [-0.15, -0.1) is 0 Å². The first-order valence-electron chi connectivity index (χ1n) is 13.2. The van der Waals surface area contributed by atoms with Gasteiger partial charge in [0, 0.05) is 23.8 Å². The van der Waals surface area contributed by atoms with E-state index >= 15 is 0 Å². The molecule has 6 rings (SSSR count). The van der Waals surface area contributed by atoms with Gasteiger partial charge < -0.3 is 13.9 Å². The molecule has 0 radical (unpaired) electrons. The van der Waals surface area contributed by atoms with Crippen molar-refractivity contribution in [1.29, 1.82) is 0 Å². The number of methoxy groups -OCH3 is 1. The van der Waals surface area contributed by atoms with Gasteiger partial charge in [0.05, 0.1) is 43.9 Å². The first-order valence-corrected chi connectivity index (χ1v) is 14.0. The van der Waals surface area contributed by atoms with Gasteiger partial charge in [-0.3, -0.25) is 25.0 Å². The highest BCUT2D eigenvalue weighted by molar-refractivity contribution is 9.10. The lowest BCUT2D eigenvalue weighted by molar-refractivity contribution is -0.386. The number of nitrogens with zero attached hydrogens (tertiary/aromatic N) is 5. The molecule has 14 heteroatoms. The quantitative estimate of drug-likeness (QED) is 0.0908. The number of hydrogen-bond acceptors (Lipinski definition) is 10. The number of non-ortho nitro benzene ring substituents is 1. The number of ether oxygens (including phenoxy) is 2. The van der Waals surface area contributed by atoms with Gasteiger partial charge in [0.25, 0.3) is 11.2 Å². The average Bonchev–Trinajstić information content (AvgIpc) is 3.48. The van der Waals surface area contributed by atoms with E-state index in [-0.39, 0.29) is 45.4 Å². The van der Waals surface area contributed by atoms with E-state index in [2.05, 4.69) is 26.0 Å². The Balaban J connectivity index is 1.40. The summed E-state index contributed by atoms with van der Waals surface area (Å²) < 4.78 is 18.5. The summed E-state index contributed by atoms with van der Waals surface area (Å²) in [6.45, 7) is -0.154. The highest BCUT2D eigenvalue weighted by Crippen LogP contribution is 2.37. The molecule has 0 N–H and O–H groups in total. The van der Waals surface area contributed by atoms with Crippen LogP contribution in [0.25, 0.3) is 33.5 Å². The van der Waals surface area contributed by atoms with Gasteiger partial charge in [0.15, 0.2) is 5.76 Å². The lowest BCUT2D eigenvalue weighted by atomic mass is 10.2. The van der Waals surface area contributed by atoms with Gasteiger partial charge in [0.2, 0.25) is 11.6 Å². The molecule has 0 fully saturated rings. The summed E-state index contributed by atoms with van der Waals surface area (Å²) in [4.78, 5) is 40.2. The normalized spacial score (nSPS) is 11.3. The van der Waals surface area contributed by atoms with Crippen molar-refractivity contribution in [2.45, 2.75) is 6.61 Å². The maximum Gasteiger partial charge on any atom is 0.312 e. The van der Waals surface area contributed by atoms with Crippen LogP contribution in [0.4, 0.5) is 11.4 Å². The summed E-state index contributed by atoms with van der Waals surface area (Å²) in [5.41, 5.74) is 0.677. The van der Waals surface area contributed by atoms with Gasteiger partial charge in [0.1, 0.15) is 17.9 Å². The summed E-state index contributed by atoms with van der Waals surface area (Å²) in [5.74, 6) is 0.862. The van der Waals surface area contributed by atoms with Crippen LogP contribution >= 0.6 is 15.9 Å². The predicted molar refractivity (Wildman–Crippen MR) is 169 cm³/mol. The summed E-state index contributed by atoms with van der Waals surface area (Å²) in [5, 5.41) is 28.5. The zero-order chi connectivity index (χ0) is 31.7. The van der Waals surface area contributed by atoms with Crippen molar-refractivity contribution in [3.05, 3.63) is 131 Å². The maximum atomic E-state index is 13.6. The Morgan fingerprint density at radius 2 is 1.78 bits per heavy atom. The minimum absolute atomic E-state index is 0.0786. The Bertz CT molecular complexity index is 2230. The molecular formula is C31H20BrN5O8. The van der Waals surface area contributed by atoms with Gasteiger partial charge >= 0.3 is 5.69 Å². The van der Waals surface area contributed by atoms with Crippen LogP contribution in [0.3, 0.4) is 0 Å². The van der Waals surface area contributed by atoms with Gasteiger partial charge in [-0.05, 0) is 57.9 Å². The minimum Gasteiger partial charge on any atom is -0.496 e. The predicted octanol–water partition coefficient (Wildman–Crippen LogP) is 6.86. The molecule has 6 aromatic rings. The van der Waals surface area contributed by atoms with Crippen molar-refractivity contribution in [3.8, 4) is 23.1 Å². The Morgan fingerprint density at radius 1 is 0.978 bits per heavy atom. The number of rotatable bonds is 9. The molecule has 2 aromatic heterocycles. The number of fused-ring (bicyclic) bond motifs is 2. The molecule has 0 saturated heterocycles. The van der Waals surface area contributed by atoms with E-state index in [1.165, 1.54) is 43.7 Å². The van der Waals surface area contributed by atoms with Crippen molar-refractivity contribution in [1.82, 2.24) is 9.66 Å². The number of benzene rings is 4. The molecule has 0 amide bonds. The highest BCUT2D eigenvalue weighted by atomic mass is 79.9. The number of aromatic nitrogens is 2. The van der Waals surface area contributed by atoms with Crippen LogP contribution in [0.2, 0.25) is 0 Å². The van der Waals surface area contributed by atoms with Crippen molar-refractivity contribution in [3.63, 3.8) is 0 Å². The Labute approximate surface area is 261 Å². The van der Waals surface area contributed by atoms with Gasteiger partial charge in [-0.1, -0.05) is 30.3 Å². The van der Waals surface area contributed by atoms with Gasteiger partial charge in [-0.2, -0.15) is 9.78 Å². The van der Waals surface area contributed by atoms with Crippen molar-refractivity contribution < 1.29 is 23.7 Å². The molecule has 0 aliphatic carbocycles. The van der Waals surface area contributed by atoms with Crippen LogP contribution < -0.4 is 15.0 Å². The third-order valence-electron chi connectivity index (χ3n) is 6.79. The molecule has 0 aliphatic heterocycles. The molecule has 4 aromatic carbocycles. The summed E-state index contributed by atoms with van der Waals surface area (Å²) >= 11 is 3.33. The van der Waals surface area contributed by atoms with E-state index in [1.54, 1.807) is 54.6 Å². The zero-order valence-corrected chi connectivity index (χ0v) is 24.8. The average molecular weight is 670 g/mol. The second-order valence-corrected chi connectivity index (χ2v) is 10.5. The van der Waals surface area contributed by atoms with E-state index in [1.807, 2.05) is 0 Å². The Kier molecular flexibility index (Phi) is 7.79. The fourth-order valence-corrected chi connectivity index (χ4v) is 5.29. The third-order valence-corrected chi connectivity index (χ3v) is 7.37. The number of furan rings is 1. The molecule has 45 heavy (non-hydrogen) atoms. The third kappa shape index (κ3) is 5.73. The molecular weight excluding hydrogens is 650 g/mol. The number of nitro benzene ring substituents is 2. The number of halogens is 1. The van der Waals surface area contributed by atoms with Crippen molar-refractivity contribution in [2.75, 3.05) is 7.11 Å². The lowest BCUT2D eigenvalue weighted by Gasteiger charge is -2.10. The molecule has 2 heterocycles. The first kappa shape index (κ1) is 29.2. The maximum absolute atomic E-state index is 13.6. The smallest absolute Gasteiger partial charge is 0.312 e. The SMILES string of the molecule is COc1cccc2oc(-c3nc4ccccc4c(=O)n3N=Cc3cc(Br)c(OCc4cccc([N+](=O)[O-])c4)c([N+](=O)[O-])c3)cc12. The van der Waals surface area contributed by atoms with Crippen LogP contribution in [0, 0.1) is 20.2 Å². The molecule has 0 aliphatic rings. The topological polar surface area (TPSA) is 165 Å². The zero-order valence-electron chi connectivity index (χ0n) is 23.2. The van der Waals surface area contributed by atoms with Crippen molar-refractivity contribution in [2.24, 2.45) is 5.10 Å². The van der Waals surface area contributed by atoms with Crippen LogP contribution in [0.5, 0.6) is 11.5 Å². The van der Waals surface area contributed by atoms with Crippen LogP contribution in [-0.4, -0.2) is 32.8 Å². The number of nitro groups is 2. The molecule has 0 unspecified atom stereocenters. The summed E-state index contributed by atoms with van der Waals surface area (Å²) in [7, 11) is 1.54. The first-order chi connectivity index (χ1) is 21.7. The number of hydrogen-bond donors (Lipinski definition) is 0. The lowest BCUT2D eigenvalue weighted by Crippen LogP contribution is -2.20. The fraction of sp³-hybridized carbons (Fsp3) is 0.0645. The second-order valence-electron chi connectivity index (χ2n) is 9.62. The van der Waals surface area contributed by atoms with E-state index in [0.29, 0.717) is 33.2 Å². The van der Waals surface area contributed by atoms with E-state index in [0.717, 1.165) is 4.68 Å². The van der Waals surface area contributed by atoms with Crippen molar-refractivity contribution >= 4 is 55.4 Å². The Morgan fingerprint density at radius 3 is 2.56 bits per heavy atom. The minimum atomic E-state index is -0.623. The summed E-state index contributed by atoms with van der Waals surface area (Å²) in [6, 6.07) is 22.3. The monoisotopic (exact) mass is 669 g/mol. The standard InChI is InChI=1S/C31H20BrN5O8/c1-43-26-10-5-11-27-22(26)15-28(45-27)30-34-24-9-3-2-8-21(24)31(38)35(30)33-16-19-13-23(32)29(25(14-19)37(41)42)44-17-18-6-4-7-20(12-18)36(39)40/h2-16H,17H2,1H3.